The van der Waals surface area contributed by atoms with Gasteiger partial charge in [0.1, 0.15) is 5.82 Å². The molecule has 3 rings (SSSR count). The van der Waals surface area contributed by atoms with Crippen LogP contribution in [-0.2, 0) is 16.6 Å². The number of nitrogens with zero attached hydrogens (tertiary/aromatic N) is 1. The highest BCUT2D eigenvalue weighted by atomic mass is 32.2. The Hall–Kier alpha value is -3.19. The third-order valence-electron chi connectivity index (χ3n) is 4.10. The van der Waals surface area contributed by atoms with Crippen molar-refractivity contribution in [1.29, 1.82) is 0 Å². The lowest BCUT2D eigenvalue weighted by Gasteiger charge is -2.18. The first-order valence-corrected chi connectivity index (χ1v) is 10.0. The van der Waals surface area contributed by atoms with Gasteiger partial charge in [-0.2, -0.15) is 0 Å². The Labute approximate surface area is 163 Å². The van der Waals surface area contributed by atoms with Gasteiger partial charge in [0.15, 0.2) is 0 Å². The van der Waals surface area contributed by atoms with Crippen LogP contribution in [0.25, 0.3) is 0 Å². The highest BCUT2D eigenvalue weighted by Gasteiger charge is 2.18. The number of carbonyl (C=O) groups excluding carboxylic acids is 1. The number of benzene rings is 3. The van der Waals surface area contributed by atoms with Crippen LogP contribution in [0.2, 0.25) is 0 Å². The highest BCUT2D eigenvalue weighted by molar-refractivity contribution is 7.92. The largest absolute Gasteiger partial charge is 0.337 e. The summed E-state index contributed by atoms with van der Waals surface area (Å²) in [5.74, 6) is -0.750. The molecule has 0 bridgehead atoms. The molecule has 0 aliphatic carbocycles. The van der Waals surface area contributed by atoms with Crippen molar-refractivity contribution in [3.8, 4) is 0 Å². The van der Waals surface area contributed by atoms with E-state index in [0.717, 1.165) is 17.7 Å². The standard InChI is InChI=1S/C21H19FN2O3S/c1-24(15-16-6-3-2-4-7-16)21(25)17-8-5-9-20(14-17)28(26,27)23-19-12-10-18(22)11-13-19/h2-14,23H,15H2,1H3. The maximum absolute atomic E-state index is 13.0. The second-order valence-corrected chi connectivity index (χ2v) is 7.97. The Morgan fingerprint density at radius 3 is 2.32 bits per heavy atom. The molecule has 0 spiro atoms. The number of anilines is 1. The number of halogens is 1. The zero-order valence-corrected chi connectivity index (χ0v) is 16.0. The summed E-state index contributed by atoms with van der Waals surface area (Å²) in [5.41, 5.74) is 1.47. The van der Waals surface area contributed by atoms with Gasteiger partial charge in [0.05, 0.1) is 4.90 Å². The summed E-state index contributed by atoms with van der Waals surface area (Å²) < 4.78 is 40.6. The summed E-state index contributed by atoms with van der Waals surface area (Å²) in [4.78, 5) is 14.2. The van der Waals surface area contributed by atoms with E-state index in [2.05, 4.69) is 4.72 Å². The molecule has 0 atom stereocenters. The van der Waals surface area contributed by atoms with Crippen LogP contribution in [0.15, 0.2) is 83.8 Å². The van der Waals surface area contributed by atoms with E-state index in [9.17, 15) is 17.6 Å². The van der Waals surface area contributed by atoms with Gasteiger partial charge in [0, 0.05) is 24.8 Å². The van der Waals surface area contributed by atoms with E-state index in [1.807, 2.05) is 30.3 Å². The number of hydrogen-bond donors (Lipinski definition) is 1. The van der Waals surface area contributed by atoms with Crippen LogP contribution < -0.4 is 4.72 Å². The quantitative estimate of drug-likeness (QED) is 0.685. The van der Waals surface area contributed by atoms with E-state index < -0.39 is 15.8 Å². The Bertz CT molecular complexity index is 1070. The number of hydrogen-bond acceptors (Lipinski definition) is 3. The number of nitrogens with one attached hydrogen (secondary N) is 1. The molecule has 0 fully saturated rings. The minimum Gasteiger partial charge on any atom is -0.337 e. The molecule has 0 radical (unpaired) electrons. The SMILES string of the molecule is CN(Cc1ccccc1)C(=O)c1cccc(S(=O)(=O)Nc2ccc(F)cc2)c1. The van der Waals surface area contributed by atoms with E-state index >= 15 is 0 Å². The van der Waals surface area contributed by atoms with Crippen LogP contribution >= 0.6 is 0 Å². The molecule has 28 heavy (non-hydrogen) atoms. The minimum atomic E-state index is -3.91. The third-order valence-corrected chi connectivity index (χ3v) is 5.48. The van der Waals surface area contributed by atoms with Crippen molar-refractivity contribution in [3.05, 3.63) is 95.8 Å². The molecule has 0 unspecified atom stereocenters. The molecular weight excluding hydrogens is 379 g/mol. The van der Waals surface area contributed by atoms with Gasteiger partial charge in [-0.3, -0.25) is 9.52 Å². The number of sulfonamides is 1. The molecule has 144 valence electrons. The normalized spacial score (nSPS) is 11.1. The summed E-state index contributed by atoms with van der Waals surface area (Å²) in [5, 5.41) is 0. The van der Waals surface area contributed by atoms with Gasteiger partial charge in [0.25, 0.3) is 15.9 Å². The van der Waals surface area contributed by atoms with Gasteiger partial charge in [-0.1, -0.05) is 36.4 Å². The van der Waals surface area contributed by atoms with Crippen molar-refractivity contribution in [2.75, 3.05) is 11.8 Å². The average Bonchev–Trinajstić information content (AvgIpc) is 2.70. The first-order valence-electron chi connectivity index (χ1n) is 8.53. The first kappa shape index (κ1) is 19.6. The van der Waals surface area contributed by atoms with Crippen LogP contribution in [0.4, 0.5) is 10.1 Å². The average molecular weight is 398 g/mol. The lowest BCUT2D eigenvalue weighted by molar-refractivity contribution is 0.0785. The van der Waals surface area contributed by atoms with E-state index in [4.69, 9.17) is 0 Å². The fourth-order valence-corrected chi connectivity index (χ4v) is 3.78. The Kier molecular flexibility index (Phi) is 5.75. The van der Waals surface area contributed by atoms with Crippen molar-refractivity contribution in [3.63, 3.8) is 0 Å². The summed E-state index contributed by atoms with van der Waals surface area (Å²) >= 11 is 0. The van der Waals surface area contributed by atoms with Crippen molar-refractivity contribution in [2.24, 2.45) is 0 Å². The second-order valence-electron chi connectivity index (χ2n) is 6.29. The van der Waals surface area contributed by atoms with Crippen molar-refractivity contribution < 1.29 is 17.6 Å². The minimum absolute atomic E-state index is 0.0456. The van der Waals surface area contributed by atoms with Gasteiger partial charge >= 0.3 is 0 Å². The molecule has 0 aromatic heterocycles. The summed E-state index contributed by atoms with van der Waals surface area (Å²) in [6.45, 7) is 0.407. The van der Waals surface area contributed by atoms with Crippen LogP contribution in [0.3, 0.4) is 0 Å². The van der Waals surface area contributed by atoms with Crippen LogP contribution in [0, 0.1) is 5.82 Å². The molecule has 0 saturated heterocycles. The maximum atomic E-state index is 13.0. The number of rotatable bonds is 6. The predicted octanol–water partition coefficient (Wildman–Crippen LogP) is 3.90. The number of amides is 1. The second kappa shape index (κ2) is 8.22. The molecule has 0 heterocycles. The maximum Gasteiger partial charge on any atom is 0.261 e. The molecule has 0 aliphatic rings. The number of carbonyl (C=O) groups is 1. The van der Waals surface area contributed by atoms with Crippen molar-refractivity contribution >= 4 is 21.6 Å². The molecule has 1 N–H and O–H groups in total. The predicted molar refractivity (Wildman–Crippen MR) is 106 cm³/mol. The highest BCUT2D eigenvalue weighted by Crippen LogP contribution is 2.18. The molecule has 0 saturated carbocycles. The van der Waals surface area contributed by atoms with Gasteiger partial charge < -0.3 is 4.90 Å². The van der Waals surface area contributed by atoms with Crippen LogP contribution in [-0.4, -0.2) is 26.3 Å². The van der Waals surface area contributed by atoms with Crippen LogP contribution in [0.5, 0.6) is 0 Å². The van der Waals surface area contributed by atoms with Crippen LogP contribution in [0.1, 0.15) is 15.9 Å². The zero-order chi connectivity index (χ0) is 20.1. The Morgan fingerprint density at radius 2 is 1.64 bits per heavy atom. The van der Waals surface area contributed by atoms with Gasteiger partial charge in [0.2, 0.25) is 0 Å². The van der Waals surface area contributed by atoms with E-state index in [0.29, 0.717) is 6.54 Å². The molecule has 7 heteroatoms. The van der Waals surface area contributed by atoms with E-state index in [-0.39, 0.29) is 22.1 Å². The third kappa shape index (κ3) is 4.75. The molecule has 1 amide bonds. The Balaban J connectivity index is 1.78. The molecule has 5 nitrogen and oxygen atoms in total. The molecule has 3 aromatic rings. The monoisotopic (exact) mass is 398 g/mol. The lowest BCUT2D eigenvalue weighted by Crippen LogP contribution is -2.26. The molecule has 3 aromatic carbocycles. The Morgan fingerprint density at radius 1 is 0.964 bits per heavy atom. The topological polar surface area (TPSA) is 66.5 Å². The van der Waals surface area contributed by atoms with Crippen molar-refractivity contribution in [1.82, 2.24) is 4.90 Å². The van der Waals surface area contributed by atoms with Gasteiger partial charge in [-0.25, -0.2) is 12.8 Å². The fourth-order valence-electron chi connectivity index (χ4n) is 2.68. The zero-order valence-electron chi connectivity index (χ0n) is 15.2. The molecular formula is C21H19FN2O3S. The summed E-state index contributed by atoms with van der Waals surface area (Å²) in [7, 11) is -2.25. The smallest absolute Gasteiger partial charge is 0.261 e. The van der Waals surface area contributed by atoms with Crippen molar-refractivity contribution in [2.45, 2.75) is 11.4 Å². The van der Waals surface area contributed by atoms with E-state index in [1.54, 1.807) is 13.1 Å². The summed E-state index contributed by atoms with van der Waals surface area (Å²) in [6, 6.07) is 20.3. The molecule has 0 aliphatic heterocycles. The fraction of sp³-hybridized carbons (Fsp3) is 0.0952. The van der Waals surface area contributed by atoms with Gasteiger partial charge in [-0.05, 0) is 48.0 Å². The summed E-state index contributed by atoms with van der Waals surface area (Å²) in [6.07, 6.45) is 0. The van der Waals surface area contributed by atoms with E-state index in [1.165, 1.54) is 35.2 Å². The van der Waals surface area contributed by atoms with Gasteiger partial charge in [-0.15, -0.1) is 0 Å². The first-order chi connectivity index (χ1) is 13.3. The lowest BCUT2D eigenvalue weighted by atomic mass is 10.1.